The molecule has 0 spiro atoms. The van der Waals surface area contributed by atoms with E-state index in [1.807, 2.05) is 42.5 Å². The van der Waals surface area contributed by atoms with Crippen molar-refractivity contribution in [3.63, 3.8) is 0 Å². The van der Waals surface area contributed by atoms with Gasteiger partial charge in [-0.2, -0.15) is 5.10 Å². The summed E-state index contributed by atoms with van der Waals surface area (Å²) < 4.78 is 0. The Morgan fingerprint density at radius 2 is 1.58 bits per heavy atom. The first-order valence-corrected chi connectivity index (χ1v) is 5.99. The summed E-state index contributed by atoms with van der Waals surface area (Å²) in [5, 5.41) is 4.68. The highest BCUT2D eigenvalue weighted by molar-refractivity contribution is 6.30. The fourth-order valence-electron chi connectivity index (χ4n) is 1.61. The molecule has 96 valence electrons. The number of nitrogens with zero attached hydrogens (tertiary/aromatic N) is 1. The van der Waals surface area contributed by atoms with E-state index >= 15 is 0 Å². The monoisotopic (exact) mass is 273 g/mol. The van der Waals surface area contributed by atoms with Crippen LogP contribution in [0.4, 0.5) is 4.79 Å². The summed E-state index contributed by atoms with van der Waals surface area (Å²) in [6, 6.07) is 16.0. The molecule has 0 aliphatic rings. The van der Waals surface area contributed by atoms with Crippen LogP contribution in [-0.4, -0.2) is 11.7 Å². The van der Waals surface area contributed by atoms with Crippen molar-refractivity contribution in [2.75, 3.05) is 0 Å². The van der Waals surface area contributed by atoms with Crippen LogP contribution in [0.2, 0.25) is 5.02 Å². The first-order chi connectivity index (χ1) is 9.16. The predicted molar refractivity (Wildman–Crippen MR) is 76.3 cm³/mol. The summed E-state index contributed by atoms with van der Waals surface area (Å²) >= 11 is 5.86. The van der Waals surface area contributed by atoms with Gasteiger partial charge in [-0.3, -0.25) is 0 Å². The third-order valence-electron chi connectivity index (χ3n) is 2.44. The summed E-state index contributed by atoms with van der Waals surface area (Å²) in [4.78, 5) is 10.8. The van der Waals surface area contributed by atoms with Gasteiger partial charge in [0.2, 0.25) is 0 Å². The predicted octanol–water partition coefficient (Wildman–Crippen LogP) is 2.76. The van der Waals surface area contributed by atoms with E-state index in [2.05, 4.69) is 10.5 Å². The Balaban J connectivity index is 2.43. The minimum absolute atomic E-state index is 0.621. The molecule has 0 atom stereocenters. The molecule has 0 radical (unpaired) electrons. The van der Waals surface area contributed by atoms with Crippen LogP contribution < -0.4 is 11.2 Å². The molecular weight excluding hydrogens is 262 g/mol. The van der Waals surface area contributed by atoms with E-state index in [-0.39, 0.29) is 0 Å². The Hall–Kier alpha value is -2.33. The molecule has 19 heavy (non-hydrogen) atoms. The van der Waals surface area contributed by atoms with Crippen LogP contribution in [0.3, 0.4) is 0 Å². The molecule has 0 aliphatic heterocycles. The Labute approximate surface area is 115 Å². The van der Waals surface area contributed by atoms with E-state index < -0.39 is 6.03 Å². The number of hydrazone groups is 1. The molecule has 0 aromatic heterocycles. The second-order valence-electron chi connectivity index (χ2n) is 3.81. The minimum Gasteiger partial charge on any atom is -0.350 e. The maximum Gasteiger partial charge on any atom is 0.332 e. The lowest BCUT2D eigenvalue weighted by Gasteiger charge is -2.07. The molecule has 3 N–H and O–H groups in total. The average molecular weight is 274 g/mol. The van der Waals surface area contributed by atoms with Crippen molar-refractivity contribution >= 4 is 23.3 Å². The molecule has 4 nitrogen and oxygen atoms in total. The summed E-state index contributed by atoms with van der Waals surface area (Å²) in [6.45, 7) is 0. The number of urea groups is 1. The van der Waals surface area contributed by atoms with Gasteiger partial charge in [-0.05, 0) is 12.1 Å². The zero-order chi connectivity index (χ0) is 13.7. The lowest BCUT2D eigenvalue weighted by atomic mass is 10.0. The number of rotatable bonds is 3. The van der Waals surface area contributed by atoms with E-state index in [1.54, 1.807) is 12.1 Å². The van der Waals surface area contributed by atoms with E-state index in [0.717, 1.165) is 11.1 Å². The van der Waals surface area contributed by atoms with Gasteiger partial charge in [0.25, 0.3) is 0 Å². The maximum atomic E-state index is 10.8. The van der Waals surface area contributed by atoms with Crippen LogP contribution in [0.5, 0.6) is 0 Å². The van der Waals surface area contributed by atoms with Crippen LogP contribution in [0.25, 0.3) is 0 Å². The van der Waals surface area contributed by atoms with Gasteiger partial charge in [0.1, 0.15) is 0 Å². The van der Waals surface area contributed by atoms with Crippen LogP contribution in [-0.2, 0) is 0 Å². The van der Waals surface area contributed by atoms with Crippen molar-refractivity contribution in [3.8, 4) is 0 Å². The van der Waals surface area contributed by atoms with Gasteiger partial charge in [0.15, 0.2) is 0 Å². The molecular formula is C14H12ClN3O. The number of carbonyl (C=O) groups is 1. The molecule has 5 heteroatoms. The highest BCUT2D eigenvalue weighted by atomic mass is 35.5. The topological polar surface area (TPSA) is 67.5 Å². The fraction of sp³-hybridized carbons (Fsp3) is 0. The van der Waals surface area contributed by atoms with Crippen molar-refractivity contribution in [3.05, 3.63) is 70.7 Å². The SMILES string of the molecule is NC(=O)N/N=C(\c1ccccc1)c1ccc(Cl)cc1. The van der Waals surface area contributed by atoms with Crippen LogP contribution in [0.15, 0.2) is 59.7 Å². The van der Waals surface area contributed by atoms with Crippen LogP contribution in [0.1, 0.15) is 11.1 Å². The fourth-order valence-corrected chi connectivity index (χ4v) is 1.74. The number of nitrogens with one attached hydrogen (secondary N) is 1. The van der Waals surface area contributed by atoms with Crippen molar-refractivity contribution in [2.45, 2.75) is 0 Å². The largest absolute Gasteiger partial charge is 0.350 e. The van der Waals surface area contributed by atoms with Gasteiger partial charge in [0, 0.05) is 16.1 Å². The number of nitrogens with two attached hydrogens (primary N) is 1. The zero-order valence-corrected chi connectivity index (χ0v) is 10.8. The normalized spacial score (nSPS) is 11.1. The summed E-state index contributed by atoms with van der Waals surface area (Å²) in [5.74, 6) is 0. The number of benzene rings is 2. The number of hydrogen-bond acceptors (Lipinski definition) is 2. The van der Waals surface area contributed by atoms with E-state index in [1.165, 1.54) is 0 Å². The molecule has 0 heterocycles. The molecule has 0 bridgehead atoms. The Kier molecular flexibility index (Phi) is 4.15. The smallest absolute Gasteiger partial charge is 0.332 e. The zero-order valence-electron chi connectivity index (χ0n) is 10.0. The van der Waals surface area contributed by atoms with Gasteiger partial charge in [-0.1, -0.05) is 54.1 Å². The number of carbonyl (C=O) groups excluding carboxylic acids is 1. The molecule has 2 aromatic rings. The Morgan fingerprint density at radius 1 is 1.00 bits per heavy atom. The van der Waals surface area contributed by atoms with Crippen LogP contribution in [0, 0.1) is 0 Å². The number of primary amides is 1. The highest BCUT2D eigenvalue weighted by Gasteiger charge is 2.07. The maximum absolute atomic E-state index is 10.8. The quantitative estimate of drug-likeness (QED) is 0.655. The summed E-state index contributed by atoms with van der Waals surface area (Å²) in [6.07, 6.45) is 0. The van der Waals surface area contributed by atoms with Gasteiger partial charge >= 0.3 is 6.03 Å². The van der Waals surface area contributed by atoms with Gasteiger partial charge < -0.3 is 5.73 Å². The standard InChI is InChI=1S/C14H12ClN3O/c15-12-8-6-11(7-9-12)13(17-18-14(16)19)10-4-2-1-3-5-10/h1-9H,(H3,16,18,19)/b17-13+. The summed E-state index contributed by atoms with van der Waals surface area (Å²) in [5.41, 5.74) is 9.63. The molecule has 0 aliphatic carbocycles. The summed E-state index contributed by atoms with van der Waals surface area (Å²) in [7, 11) is 0. The second kappa shape index (κ2) is 6.02. The van der Waals surface area contributed by atoms with E-state index in [9.17, 15) is 4.79 Å². The van der Waals surface area contributed by atoms with E-state index in [4.69, 9.17) is 17.3 Å². The van der Waals surface area contributed by atoms with Gasteiger partial charge in [-0.15, -0.1) is 0 Å². The Bertz CT molecular complexity index is 594. The van der Waals surface area contributed by atoms with Gasteiger partial charge in [-0.25, -0.2) is 10.2 Å². The van der Waals surface area contributed by atoms with Crippen molar-refractivity contribution in [1.29, 1.82) is 0 Å². The molecule has 0 saturated heterocycles. The van der Waals surface area contributed by atoms with Crippen molar-refractivity contribution < 1.29 is 4.79 Å². The third kappa shape index (κ3) is 3.56. The molecule has 0 fully saturated rings. The van der Waals surface area contributed by atoms with E-state index in [0.29, 0.717) is 10.7 Å². The number of amides is 2. The molecule has 2 rings (SSSR count). The van der Waals surface area contributed by atoms with Crippen molar-refractivity contribution in [1.82, 2.24) is 5.43 Å². The van der Waals surface area contributed by atoms with Gasteiger partial charge in [0.05, 0.1) is 5.71 Å². The molecule has 2 amide bonds. The number of hydrogen-bond donors (Lipinski definition) is 2. The molecule has 0 unspecified atom stereocenters. The first-order valence-electron chi connectivity index (χ1n) is 5.61. The lowest BCUT2D eigenvalue weighted by Crippen LogP contribution is -2.26. The lowest BCUT2D eigenvalue weighted by molar-refractivity contribution is 0.249. The Morgan fingerprint density at radius 3 is 2.16 bits per heavy atom. The highest BCUT2D eigenvalue weighted by Crippen LogP contribution is 2.14. The van der Waals surface area contributed by atoms with Crippen molar-refractivity contribution in [2.24, 2.45) is 10.8 Å². The molecule has 2 aromatic carbocycles. The minimum atomic E-state index is -0.706. The third-order valence-corrected chi connectivity index (χ3v) is 2.69. The average Bonchev–Trinajstić information content (AvgIpc) is 2.42. The number of halogens is 1. The second-order valence-corrected chi connectivity index (χ2v) is 4.25. The molecule has 0 saturated carbocycles. The first kappa shape index (κ1) is 13.1. The van der Waals surface area contributed by atoms with Crippen LogP contribution >= 0.6 is 11.6 Å².